The fraction of sp³-hybridized carbons (Fsp3) is 0.214. The molecule has 1 atom stereocenters. The Morgan fingerprint density at radius 3 is 2.47 bits per heavy atom. The Hall–Kier alpha value is -1.45. The van der Waals surface area contributed by atoms with Crippen LogP contribution in [0.5, 0.6) is 0 Å². The molecule has 1 aromatic heterocycles. The fourth-order valence-corrected chi connectivity index (χ4v) is 2.36. The van der Waals surface area contributed by atoms with Gasteiger partial charge in [-0.2, -0.15) is 0 Å². The molecule has 5 heteroatoms. The van der Waals surface area contributed by atoms with E-state index in [0.29, 0.717) is 21.6 Å². The molecule has 0 aliphatic carbocycles. The van der Waals surface area contributed by atoms with Crippen LogP contribution in [0.4, 0.5) is 0 Å². The molecule has 1 unspecified atom stereocenters. The monoisotopic (exact) mass is 298 g/mol. The Labute approximate surface area is 120 Å². The number of aliphatic carboxylic acids is 1. The minimum absolute atomic E-state index is 0.0310. The molecule has 2 aromatic rings. The first kappa shape index (κ1) is 14.0. The average Bonchev–Trinajstić information content (AvgIpc) is 2.75. The number of hydrogen-bond acceptors (Lipinski definition) is 2. The highest BCUT2D eigenvalue weighted by atomic mass is 35.5. The molecule has 0 saturated heterocycles. The van der Waals surface area contributed by atoms with E-state index in [4.69, 9.17) is 32.7 Å². The van der Waals surface area contributed by atoms with Crippen LogP contribution in [0.2, 0.25) is 10.0 Å². The summed E-state index contributed by atoms with van der Waals surface area (Å²) >= 11 is 11.9. The second-order valence-corrected chi connectivity index (χ2v) is 5.23. The molecule has 1 N–H and O–H groups in total. The first-order valence-electron chi connectivity index (χ1n) is 5.73. The highest BCUT2D eigenvalue weighted by molar-refractivity contribution is 6.35. The molecule has 0 saturated carbocycles. The Kier molecular flexibility index (Phi) is 4.17. The SMILES string of the molecule is CC(CC(=O)O)c1ccc(-c2cc(Cl)cc(Cl)c2)o1. The maximum Gasteiger partial charge on any atom is 0.304 e. The fourth-order valence-electron chi connectivity index (χ4n) is 1.83. The summed E-state index contributed by atoms with van der Waals surface area (Å²) in [7, 11) is 0. The summed E-state index contributed by atoms with van der Waals surface area (Å²) in [6, 6.07) is 8.70. The normalized spacial score (nSPS) is 12.4. The third-order valence-corrected chi connectivity index (χ3v) is 3.18. The minimum Gasteiger partial charge on any atom is -0.481 e. The molecule has 2 rings (SSSR count). The summed E-state index contributed by atoms with van der Waals surface area (Å²) in [5, 5.41) is 9.82. The molecule has 0 radical (unpaired) electrons. The third-order valence-electron chi connectivity index (χ3n) is 2.74. The number of carboxylic acids is 1. The van der Waals surface area contributed by atoms with E-state index in [1.54, 1.807) is 30.3 Å². The van der Waals surface area contributed by atoms with Gasteiger partial charge in [0.05, 0.1) is 6.42 Å². The van der Waals surface area contributed by atoms with Crippen molar-refractivity contribution in [1.82, 2.24) is 0 Å². The lowest BCUT2D eigenvalue weighted by atomic mass is 10.1. The van der Waals surface area contributed by atoms with Gasteiger partial charge in [-0.1, -0.05) is 30.1 Å². The Morgan fingerprint density at radius 2 is 1.89 bits per heavy atom. The van der Waals surface area contributed by atoms with E-state index in [0.717, 1.165) is 5.56 Å². The molecule has 100 valence electrons. The van der Waals surface area contributed by atoms with Crippen LogP contribution in [0.3, 0.4) is 0 Å². The van der Waals surface area contributed by atoms with E-state index < -0.39 is 5.97 Å². The molecular formula is C14H12Cl2O3. The molecule has 0 fully saturated rings. The molecule has 0 bridgehead atoms. The van der Waals surface area contributed by atoms with Crippen LogP contribution < -0.4 is 0 Å². The Morgan fingerprint density at radius 1 is 1.26 bits per heavy atom. The van der Waals surface area contributed by atoms with E-state index in [1.165, 1.54) is 0 Å². The standard InChI is InChI=1S/C14H12Cl2O3/c1-8(4-14(17)18)12-2-3-13(19-12)9-5-10(15)7-11(16)6-9/h2-3,5-8H,4H2,1H3,(H,17,18). The van der Waals surface area contributed by atoms with Crippen molar-refractivity contribution in [3.63, 3.8) is 0 Å². The van der Waals surface area contributed by atoms with Gasteiger partial charge in [-0.15, -0.1) is 0 Å². The summed E-state index contributed by atoms with van der Waals surface area (Å²) < 4.78 is 5.66. The van der Waals surface area contributed by atoms with E-state index in [2.05, 4.69) is 0 Å². The van der Waals surface area contributed by atoms with Crippen molar-refractivity contribution in [1.29, 1.82) is 0 Å². The molecule has 19 heavy (non-hydrogen) atoms. The summed E-state index contributed by atoms with van der Waals surface area (Å²) in [4.78, 5) is 10.7. The molecule has 0 aliphatic heterocycles. The van der Waals surface area contributed by atoms with E-state index in [9.17, 15) is 4.79 Å². The number of furan rings is 1. The Bertz CT molecular complexity index is 584. The van der Waals surface area contributed by atoms with Crippen molar-refractivity contribution in [2.24, 2.45) is 0 Å². The molecule has 0 amide bonds. The van der Waals surface area contributed by atoms with Crippen molar-refractivity contribution in [3.05, 3.63) is 46.1 Å². The van der Waals surface area contributed by atoms with Crippen molar-refractivity contribution < 1.29 is 14.3 Å². The first-order valence-corrected chi connectivity index (χ1v) is 6.49. The minimum atomic E-state index is -0.851. The molecule has 0 spiro atoms. The number of hydrogen-bond donors (Lipinski definition) is 1. The molecule has 1 heterocycles. The van der Waals surface area contributed by atoms with Gasteiger partial charge in [-0.3, -0.25) is 4.79 Å². The zero-order valence-corrected chi connectivity index (χ0v) is 11.7. The molecule has 0 aliphatic rings. The van der Waals surface area contributed by atoms with E-state index >= 15 is 0 Å². The quantitative estimate of drug-likeness (QED) is 0.879. The lowest BCUT2D eigenvalue weighted by Crippen LogP contribution is -2.01. The van der Waals surface area contributed by atoms with Gasteiger partial charge in [-0.25, -0.2) is 0 Å². The largest absolute Gasteiger partial charge is 0.481 e. The predicted molar refractivity (Wildman–Crippen MR) is 74.8 cm³/mol. The van der Waals surface area contributed by atoms with Crippen LogP contribution in [0.1, 0.15) is 25.0 Å². The van der Waals surface area contributed by atoms with Crippen molar-refractivity contribution in [2.45, 2.75) is 19.3 Å². The van der Waals surface area contributed by atoms with Crippen molar-refractivity contribution in [3.8, 4) is 11.3 Å². The molecule has 1 aromatic carbocycles. The van der Waals surface area contributed by atoms with Crippen molar-refractivity contribution in [2.75, 3.05) is 0 Å². The average molecular weight is 299 g/mol. The molecule has 3 nitrogen and oxygen atoms in total. The van der Waals surface area contributed by atoms with Crippen molar-refractivity contribution >= 4 is 29.2 Å². The lowest BCUT2D eigenvalue weighted by molar-refractivity contribution is -0.137. The van der Waals surface area contributed by atoms with Crippen LogP contribution in [0.25, 0.3) is 11.3 Å². The van der Waals surface area contributed by atoms with E-state index in [-0.39, 0.29) is 12.3 Å². The third kappa shape index (κ3) is 3.52. The second-order valence-electron chi connectivity index (χ2n) is 4.36. The molecular weight excluding hydrogens is 287 g/mol. The first-order chi connectivity index (χ1) is 8.95. The Balaban J connectivity index is 2.27. The second kappa shape index (κ2) is 5.68. The highest BCUT2D eigenvalue weighted by Gasteiger charge is 2.15. The zero-order chi connectivity index (χ0) is 14.0. The van der Waals surface area contributed by atoms with Gasteiger partial charge in [0, 0.05) is 21.5 Å². The summed E-state index contributed by atoms with van der Waals surface area (Å²) in [5.41, 5.74) is 0.770. The van der Waals surface area contributed by atoms with Gasteiger partial charge in [0.25, 0.3) is 0 Å². The van der Waals surface area contributed by atoms with Gasteiger partial charge in [0.2, 0.25) is 0 Å². The van der Waals surface area contributed by atoms with Gasteiger partial charge >= 0.3 is 5.97 Å². The van der Waals surface area contributed by atoms with Crippen LogP contribution in [-0.2, 0) is 4.79 Å². The van der Waals surface area contributed by atoms with Crippen LogP contribution in [0, 0.1) is 0 Å². The topological polar surface area (TPSA) is 50.4 Å². The van der Waals surface area contributed by atoms with Crippen LogP contribution >= 0.6 is 23.2 Å². The summed E-state index contributed by atoms with van der Waals surface area (Å²) in [6.07, 6.45) is 0.0310. The number of benzene rings is 1. The van der Waals surface area contributed by atoms with Gasteiger partial charge < -0.3 is 9.52 Å². The van der Waals surface area contributed by atoms with Crippen LogP contribution in [0.15, 0.2) is 34.7 Å². The van der Waals surface area contributed by atoms with E-state index in [1.807, 2.05) is 6.92 Å². The van der Waals surface area contributed by atoms with Gasteiger partial charge in [-0.05, 0) is 30.3 Å². The predicted octanol–water partition coefficient (Wildman–Crippen LogP) is 4.83. The van der Waals surface area contributed by atoms with Gasteiger partial charge in [0.1, 0.15) is 11.5 Å². The maximum absolute atomic E-state index is 10.7. The van der Waals surface area contributed by atoms with Crippen LogP contribution in [-0.4, -0.2) is 11.1 Å². The zero-order valence-electron chi connectivity index (χ0n) is 10.2. The summed E-state index contributed by atoms with van der Waals surface area (Å²) in [6.45, 7) is 1.81. The number of carbonyl (C=O) groups is 1. The highest BCUT2D eigenvalue weighted by Crippen LogP contribution is 2.31. The number of carboxylic acid groups (broad SMARTS) is 1. The van der Waals surface area contributed by atoms with Gasteiger partial charge in [0.15, 0.2) is 0 Å². The smallest absolute Gasteiger partial charge is 0.304 e. The lowest BCUT2D eigenvalue weighted by Gasteiger charge is -2.05. The number of halogens is 2. The maximum atomic E-state index is 10.7. The number of rotatable bonds is 4. The summed E-state index contributed by atoms with van der Waals surface area (Å²) in [5.74, 6) is 0.224.